The maximum absolute atomic E-state index is 13.1. The number of anilines is 1. The summed E-state index contributed by atoms with van der Waals surface area (Å²) >= 11 is 1.30. The molecule has 4 rings (SSSR count). The first kappa shape index (κ1) is 18.2. The first-order valence-corrected chi connectivity index (χ1v) is 10.0. The van der Waals surface area contributed by atoms with Gasteiger partial charge in [0.1, 0.15) is 0 Å². The van der Waals surface area contributed by atoms with Crippen LogP contribution in [0.4, 0.5) is 5.69 Å². The van der Waals surface area contributed by atoms with Crippen LogP contribution in [0.1, 0.15) is 47.8 Å². The van der Waals surface area contributed by atoms with Crippen molar-refractivity contribution < 1.29 is 14.4 Å². The van der Waals surface area contributed by atoms with Crippen molar-refractivity contribution in [2.45, 2.75) is 11.8 Å². The Labute approximate surface area is 167 Å². The van der Waals surface area contributed by atoms with Gasteiger partial charge in [0.25, 0.3) is 5.91 Å². The minimum Gasteiger partial charge on any atom is -0.322 e. The number of carbonyl (C=O) groups is 3. The Balaban J connectivity index is 1.82. The van der Waals surface area contributed by atoms with Gasteiger partial charge in [-0.05, 0) is 36.9 Å². The molecule has 1 amide bonds. The number of amides is 1. The van der Waals surface area contributed by atoms with E-state index in [2.05, 4.69) is 5.32 Å². The number of thioether (sulfide) groups is 1. The quantitative estimate of drug-likeness (QED) is 0.516. The van der Waals surface area contributed by atoms with Crippen LogP contribution < -0.4 is 5.32 Å². The van der Waals surface area contributed by atoms with Crippen molar-refractivity contribution in [1.82, 2.24) is 0 Å². The van der Waals surface area contributed by atoms with Crippen LogP contribution in [-0.4, -0.2) is 23.7 Å². The van der Waals surface area contributed by atoms with Crippen molar-refractivity contribution >= 4 is 34.9 Å². The van der Waals surface area contributed by atoms with Crippen LogP contribution in [0.2, 0.25) is 0 Å². The van der Waals surface area contributed by atoms with E-state index in [1.807, 2.05) is 31.2 Å². The summed E-state index contributed by atoms with van der Waals surface area (Å²) < 4.78 is 0. The minimum absolute atomic E-state index is 0.189. The SMILES string of the molecule is CSc1c(C(=O)Nc2ccccc2C)ccc2c1C(=O)c1ccccc1C2=O. The fourth-order valence-corrected chi connectivity index (χ4v) is 4.24. The number of fused-ring (bicyclic) bond motifs is 2. The zero-order valence-corrected chi connectivity index (χ0v) is 16.2. The first-order valence-electron chi connectivity index (χ1n) is 8.79. The van der Waals surface area contributed by atoms with Crippen LogP contribution in [0, 0.1) is 6.92 Å². The molecular formula is C23H17NO3S. The van der Waals surface area contributed by atoms with E-state index in [1.54, 1.807) is 42.7 Å². The number of aryl methyl sites for hydroxylation is 1. The number of hydrogen-bond donors (Lipinski definition) is 1. The molecule has 0 bridgehead atoms. The lowest BCUT2D eigenvalue weighted by Gasteiger charge is -2.21. The highest BCUT2D eigenvalue weighted by Crippen LogP contribution is 2.35. The van der Waals surface area contributed by atoms with E-state index in [-0.39, 0.29) is 17.5 Å². The molecule has 0 radical (unpaired) electrons. The van der Waals surface area contributed by atoms with Crippen LogP contribution in [0.25, 0.3) is 0 Å². The molecule has 0 saturated heterocycles. The number of benzene rings is 3. The van der Waals surface area contributed by atoms with Gasteiger partial charge in [-0.3, -0.25) is 14.4 Å². The monoisotopic (exact) mass is 387 g/mol. The topological polar surface area (TPSA) is 63.2 Å². The fraction of sp³-hybridized carbons (Fsp3) is 0.0870. The van der Waals surface area contributed by atoms with E-state index in [0.29, 0.717) is 38.4 Å². The van der Waals surface area contributed by atoms with Gasteiger partial charge < -0.3 is 5.32 Å². The van der Waals surface area contributed by atoms with Crippen molar-refractivity contribution in [3.8, 4) is 0 Å². The first-order chi connectivity index (χ1) is 13.5. The maximum atomic E-state index is 13.1. The highest BCUT2D eigenvalue weighted by atomic mass is 32.2. The Kier molecular flexibility index (Phi) is 4.61. The molecule has 0 spiro atoms. The Bertz CT molecular complexity index is 1150. The number of carbonyl (C=O) groups excluding carboxylic acids is 3. The van der Waals surface area contributed by atoms with Crippen LogP contribution in [0.3, 0.4) is 0 Å². The van der Waals surface area contributed by atoms with Gasteiger partial charge in [0.15, 0.2) is 11.6 Å². The van der Waals surface area contributed by atoms with E-state index in [4.69, 9.17) is 0 Å². The maximum Gasteiger partial charge on any atom is 0.256 e. The van der Waals surface area contributed by atoms with Gasteiger partial charge in [0.05, 0.1) is 5.56 Å². The third-order valence-corrected chi connectivity index (χ3v) is 5.72. The molecule has 1 N–H and O–H groups in total. The summed E-state index contributed by atoms with van der Waals surface area (Å²) in [5, 5.41) is 2.90. The minimum atomic E-state index is -0.305. The van der Waals surface area contributed by atoms with E-state index in [9.17, 15) is 14.4 Å². The number of hydrogen-bond acceptors (Lipinski definition) is 4. The molecule has 0 unspecified atom stereocenters. The lowest BCUT2D eigenvalue weighted by molar-refractivity contribution is 0.0975. The second-order valence-electron chi connectivity index (χ2n) is 6.54. The van der Waals surface area contributed by atoms with E-state index < -0.39 is 0 Å². The summed E-state index contributed by atoms with van der Waals surface area (Å²) in [7, 11) is 0. The molecule has 3 aromatic carbocycles. The van der Waals surface area contributed by atoms with Crippen molar-refractivity contribution in [2.75, 3.05) is 11.6 Å². The number of nitrogens with one attached hydrogen (secondary N) is 1. The van der Waals surface area contributed by atoms with Crippen LogP contribution >= 0.6 is 11.8 Å². The Morgan fingerprint density at radius 3 is 2.14 bits per heavy atom. The van der Waals surface area contributed by atoms with Gasteiger partial charge in [-0.15, -0.1) is 11.8 Å². The summed E-state index contributed by atoms with van der Waals surface area (Å²) in [6.45, 7) is 1.91. The average molecular weight is 387 g/mol. The Morgan fingerprint density at radius 1 is 0.821 bits per heavy atom. The largest absolute Gasteiger partial charge is 0.322 e. The molecule has 3 aromatic rings. The zero-order valence-electron chi connectivity index (χ0n) is 15.4. The fourth-order valence-electron chi connectivity index (χ4n) is 3.45. The van der Waals surface area contributed by atoms with Crippen molar-refractivity contribution in [3.63, 3.8) is 0 Å². The predicted molar refractivity (Wildman–Crippen MR) is 111 cm³/mol. The molecule has 5 heteroatoms. The average Bonchev–Trinajstić information content (AvgIpc) is 2.72. The van der Waals surface area contributed by atoms with Gasteiger partial charge in [-0.25, -0.2) is 0 Å². The van der Waals surface area contributed by atoms with Crippen molar-refractivity contribution in [2.24, 2.45) is 0 Å². The van der Waals surface area contributed by atoms with Gasteiger partial charge in [-0.2, -0.15) is 0 Å². The number of para-hydroxylation sites is 1. The van der Waals surface area contributed by atoms with E-state index >= 15 is 0 Å². The van der Waals surface area contributed by atoms with Gasteiger partial charge in [-0.1, -0.05) is 42.5 Å². The van der Waals surface area contributed by atoms with Crippen LogP contribution in [0.5, 0.6) is 0 Å². The molecule has 0 aromatic heterocycles. The summed E-state index contributed by atoms with van der Waals surface area (Å²) in [6, 6.07) is 17.5. The molecule has 4 nitrogen and oxygen atoms in total. The van der Waals surface area contributed by atoms with Gasteiger partial charge in [0.2, 0.25) is 0 Å². The third kappa shape index (κ3) is 2.84. The van der Waals surface area contributed by atoms with Gasteiger partial charge >= 0.3 is 0 Å². The van der Waals surface area contributed by atoms with E-state index in [1.165, 1.54) is 11.8 Å². The predicted octanol–water partition coefficient (Wildman–Crippen LogP) is 4.74. The van der Waals surface area contributed by atoms with Crippen LogP contribution in [-0.2, 0) is 0 Å². The molecule has 1 aliphatic carbocycles. The summed E-state index contributed by atoms with van der Waals surface area (Å²) in [4.78, 5) is 39.5. The summed E-state index contributed by atoms with van der Waals surface area (Å²) in [6.07, 6.45) is 1.80. The summed E-state index contributed by atoms with van der Waals surface area (Å²) in [5.41, 5.74) is 3.49. The number of ketones is 2. The molecule has 0 atom stereocenters. The molecule has 0 aliphatic heterocycles. The zero-order chi connectivity index (χ0) is 19.8. The standard InChI is InChI=1S/C23H17NO3S/c1-13-7-3-6-10-18(13)24-23(27)17-12-11-16-19(22(17)28-2)21(26)15-9-5-4-8-14(15)20(16)25/h3-12H,1-2H3,(H,24,27). The number of rotatable bonds is 3. The second-order valence-corrected chi connectivity index (χ2v) is 7.36. The van der Waals surface area contributed by atoms with Crippen LogP contribution in [0.15, 0.2) is 65.6 Å². The molecule has 0 saturated carbocycles. The normalized spacial score (nSPS) is 12.4. The molecule has 1 aliphatic rings. The van der Waals surface area contributed by atoms with E-state index in [0.717, 1.165) is 5.56 Å². The highest BCUT2D eigenvalue weighted by Gasteiger charge is 2.33. The molecule has 28 heavy (non-hydrogen) atoms. The second kappa shape index (κ2) is 7.09. The smallest absolute Gasteiger partial charge is 0.256 e. The lowest BCUT2D eigenvalue weighted by Crippen LogP contribution is -2.24. The Hall–Kier alpha value is -3.18. The van der Waals surface area contributed by atoms with Gasteiger partial charge in [0, 0.05) is 32.8 Å². The van der Waals surface area contributed by atoms with Crippen molar-refractivity contribution in [1.29, 1.82) is 0 Å². The molecule has 0 fully saturated rings. The molecule has 138 valence electrons. The summed E-state index contributed by atoms with van der Waals surface area (Å²) in [5.74, 6) is -0.716. The lowest BCUT2D eigenvalue weighted by atomic mass is 9.83. The van der Waals surface area contributed by atoms with Crippen molar-refractivity contribution in [3.05, 3.63) is 94.0 Å². The Morgan fingerprint density at radius 2 is 1.46 bits per heavy atom. The molecule has 0 heterocycles. The highest BCUT2D eigenvalue weighted by molar-refractivity contribution is 7.98. The third-order valence-electron chi connectivity index (χ3n) is 4.89. The molecular weight excluding hydrogens is 370 g/mol.